The molecule has 0 radical (unpaired) electrons. The van der Waals surface area contributed by atoms with Crippen molar-refractivity contribution in [1.29, 1.82) is 0 Å². The van der Waals surface area contributed by atoms with Gasteiger partial charge in [-0.15, -0.1) is 11.3 Å². The van der Waals surface area contributed by atoms with Crippen molar-refractivity contribution in [3.05, 3.63) is 10.4 Å². The van der Waals surface area contributed by atoms with Crippen LogP contribution in [-0.4, -0.2) is 75.6 Å². The summed E-state index contributed by atoms with van der Waals surface area (Å²) in [4.78, 5) is 11.7. The number of rotatable bonds is 5. The highest BCUT2D eigenvalue weighted by atomic mass is 32.1. The first kappa shape index (κ1) is 15.7. The number of thiophene rings is 1. The quantitative estimate of drug-likeness (QED) is 0.693. The van der Waals surface area contributed by atoms with E-state index >= 15 is 0 Å². The van der Waals surface area contributed by atoms with Crippen LogP contribution in [-0.2, 0) is 13.0 Å². The Labute approximate surface area is 144 Å². The van der Waals surface area contributed by atoms with Crippen LogP contribution in [0.1, 0.15) is 16.9 Å². The maximum Gasteiger partial charge on any atom is 0.276 e. The third kappa shape index (κ3) is 2.72. The molecule has 1 aliphatic heterocycles. The number of likely N-dealkylation sites (N-methyl/N-ethyl adjacent to an activating group) is 1. The molecule has 1 aliphatic rings. The maximum atomic E-state index is 4.67. The predicted octanol–water partition coefficient (Wildman–Crippen LogP) is 1.09. The Bertz CT molecular complexity index is 867. The predicted molar refractivity (Wildman–Crippen MR) is 95.7 cm³/mol. The van der Waals surface area contributed by atoms with Crippen LogP contribution in [0.4, 0.5) is 5.82 Å². The number of anilines is 1. The van der Waals surface area contributed by atoms with Crippen molar-refractivity contribution in [2.75, 3.05) is 46.1 Å². The van der Waals surface area contributed by atoms with Gasteiger partial charge < -0.3 is 15.1 Å². The number of tetrazole rings is 1. The minimum Gasteiger partial charge on any atom is -0.369 e. The molecule has 4 heterocycles. The molecule has 0 saturated heterocycles. The molecule has 3 aromatic heterocycles. The van der Waals surface area contributed by atoms with Gasteiger partial charge in [0.1, 0.15) is 10.6 Å². The fourth-order valence-corrected chi connectivity index (χ4v) is 4.55. The third-order valence-electron chi connectivity index (χ3n) is 4.40. The van der Waals surface area contributed by atoms with E-state index in [9.17, 15) is 0 Å². The Morgan fingerprint density at radius 3 is 3.04 bits per heavy atom. The summed E-state index contributed by atoms with van der Waals surface area (Å²) in [6, 6.07) is 0. The highest BCUT2D eigenvalue weighted by molar-refractivity contribution is 7.19. The minimum absolute atomic E-state index is 0.560. The molecule has 0 saturated carbocycles. The van der Waals surface area contributed by atoms with E-state index < -0.39 is 0 Å². The van der Waals surface area contributed by atoms with Crippen molar-refractivity contribution in [3.8, 4) is 0 Å². The number of hydrogen-bond donors (Lipinski definition) is 1. The second-order valence-electron chi connectivity index (χ2n) is 6.61. The second kappa shape index (κ2) is 6.23. The summed E-state index contributed by atoms with van der Waals surface area (Å²) in [7, 11) is 6.35. The maximum absolute atomic E-state index is 4.67. The van der Waals surface area contributed by atoms with E-state index in [4.69, 9.17) is 0 Å². The lowest BCUT2D eigenvalue weighted by Gasteiger charge is -2.22. The number of hydrogen-bond acceptors (Lipinski definition) is 8. The fourth-order valence-electron chi connectivity index (χ4n) is 3.18. The molecule has 0 atom stereocenters. The van der Waals surface area contributed by atoms with Crippen LogP contribution < -0.4 is 5.32 Å². The lowest BCUT2D eigenvalue weighted by molar-refractivity contribution is 0.318. The SMILES string of the molecule is CN(C)CCCNc1nc2nnnn2c2sc3c(c12)CCN(C)C3. The van der Waals surface area contributed by atoms with Crippen LogP contribution in [0.3, 0.4) is 0 Å². The van der Waals surface area contributed by atoms with Gasteiger partial charge in [0, 0.05) is 24.5 Å². The van der Waals surface area contributed by atoms with Crippen LogP contribution in [0.15, 0.2) is 0 Å². The van der Waals surface area contributed by atoms with E-state index in [1.807, 2.05) is 0 Å². The Balaban J connectivity index is 1.75. The summed E-state index contributed by atoms with van der Waals surface area (Å²) in [6.07, 6.45) is 2.12. The lowest BCUT2D eigenvalue weighted by Crippen LogP contribution is -2.25. The molecule has 128 valence electrons. The van der Waals surface area contributed by atoms with Crippen molar-refractivity contribution >= 4 is 33.1 Å². The van der Waals surface area contributed by atoms with Gasteiger partial charge in [0.05, 0.1) is 5.39 Å². The smallest absolute Gasteiger partial charge is 0.276 e. The van der Waals surface area contributed by atoms with Crippen LogP contribution in [0.2, 0.25) is 0 Å². The first-order valence-electron chi connectivity index (χ1n) is 8.23. The zero-order valence-corrected chi connectivity index (χ0v) is 15.1. The summed E-state index contributed by atoms with van der Waals surface area (Å²) >= 11 is 1.79. The Morgan fingerprint density at radius 1 is 1.33 bits per heavy atom. The van der Waals surface area contributed by atoms with Gasteiger partial charge >= 0.3 is 0 Å². The topological polar surface area (TPSA) is 74.5 Å². The second-order valence-corrected chi connectivity index (χ2v) is 7.69. The first-order valence-corrected chi connectivity index (χ1v) is 9.04. The van der Waals surface area contributed by atoms with Crippen LogP contribution in [0.5, 0.6) is 0 Å². The molecular formula is C15H22N8S. The van der Waals surface area contributed by atoms with Gasteiger partial charge in [-0.2, -0.15) is 9.50 Å². The summed E-state index contributed by atoms with van der Waals surface area (Å²) in [6.45, 7) is 4.00. The molecule has 3 aromatic rings. The van der Waals surface area contributed by atoms with E-state index in [0.29, 0.717) is 5.78 Å². The molecule has 4 rings (SSSR count). The molecule has 0 spiro atoms. The van der Waals surface area contributed by atoms with Gasteiger partial charge in [0.15, 0.2) is 0 Å². The summed E-state index contributed by atoms with van der Waals surface area (Å²) < 4.78 is 1.77. The molecule has 0 unspecified atom stereocenters. The highest BCUT2D eigenvalue weighted by Crippen LogP contribution is 2.38. The molecule has 0 aromatic carbocycles. The van der Waals surface area contributed by atoms with Crippen molar-refractivity contribution < 1.29 is 0 Å². The summed E-state index contributed by atoms with van der Waals surface area (Å²) in [5, 5.41) is 16.7. The largest absolute Gasteiger partial charge is 0.369 e. The van der Waals surface area contributed by atoms with Crippen molar-refractivity contribution in [1.82, 2.24) is 34.8 Å². The van der Waals surface area contributed by atoms with Crippen LogP contribution in [0.25, 0.3) is 16.0 Å². The van der Waals surface area contributed by atoms with Gasteiger partial charge in [-0.1, -0.05) is 5.10 Å². The van der Waals surface area contributed by atoms with E-state index in [1.165, 1.54) is 15.8 Å². The molecule has 9 heteroatoms. The number of nitrogens with one attached hydrogen (secondary N) is 1. The first-order chi connectivity index (χ1) is 11.6. The molecular weight excluding hydrogens is 324 g/mol. The van der Waals surface area contributed by atoms with E-state index in [0.717, 1.165) is 49.7 Å². The molecule has 24 heavy (non-hydrogen) atoms. The van der Waals surface area contributed by atoms with Gasteiger partial charge in [-0.05, 0) is 56.5 Å². The lowest BCUT2D eigenvalue weighted by atomic mass is 10.1. The molecule has 1 N–H and O–H groups in total. The van der Waals surface area contributed by atoms with E-state index in [-0.39, 0.29) is 0 Å². The third-order valence-corrected chi connectivity index (χ3v) is 5.59. The van der Waals surface area contributed by atoms with E-state index in [2.05, 4.69) is 56.8 Å². The zero-order valence-electron chi connectivity index (χ0n) is 14.3. The van der Waals surface area contributed by atoms with Gasteiger partial charge in [0.2, 0.25) is 0 Å². The summed E-state index contributed by atoms with van der Waals surface area (Å²) in [5.74, 6) is 1.48. The van der Waals surface area contributed by atoms with Crippen molar-refractivity contribution in [3.63, 3.8) is 0 Å². The average Bonchev–Trinajstić information content (AvgIpc) is 3.14. The van der Waals surface area contributed by atoms with Crippen molar-refractivity contribution in [2.24, 2.45) is 0 Å². The van der Waals surface area contributed by atoms with Gasteiger partial charge in [-0.25, -0.2) is 0 Å². The Kier molecular flexibility index (Phi) is 4.07. The van der Waals surface area contributed by atoms with Gasteiger partial charge in [-0.3, -0.25) is 0 Å². The van der Waals surface area contributed by atoms with E-state index in [1.54, 1.807) is 15.9 Å². The van der Waals surface area contributed by atoms with Gasteiger partial charge in [0.25, 0.3) is 5.78 Å². The summed E-state index contributed by atoms with van der Waals surface area (Å²) in [5.41, 5.74) is 1.41. The normalized spacial score (nSPS) is 15.5. The zero-order chi connectivity index (χ0) is 16.7. The Morgan fingerprint density at radius 2 is 2.21 bits per heavy atom. The molecule has 0 amide bonds. The molecule has 8 nitrogen and oxygen atoms in total. The average molecular weight is 346 g/mol. The standard InChI is InChI=1S/C15H22N8S/c1-21(2)7-4-6-16-13-12-10-5-8-22(3)9-11(10)24-14(12)23-15(17-13)18-19-20-23/h4-9H2,1-3H3,(H,16,17,18,20). The highest BCUT2D eigenvalue weighted by Gasteiger charge is 2.24. The molecule has 0 aliphatic carbocycles. The molecule has 0 fully saturated rings. The Hall–Kier alpha value is -1.84. The van der Waals surface area contributed by atoms with Crippen LogP contribution in [0, 0.1) is 0 Å². The fraction of sp³-hybridized carbons (Fsp3) is 0.600. The monoisotopic (exact) mass is 346 g/mol. The number of nitrogens with zero attached hydrogens (tertiary/aromatic N) is 7. The van der Waals surface area contributed by atoms with Crippen molar-refractivity contribution in [2.45, 2.75) is 19.4 Å². The van der Waals surface area contributed by atoms with Crippen LogP contribution >= 0.6 is 11.3 Å². The molecule has 0 bridgehead atoms. The number of fused-ring (bicyclic) bond motifs is 5. The number of aromatic nitrogens is 5. The minimum atomic E-state index is 0.560.